The topological polar surface area (TPSA) is 97.6 Å². The molecule has 0 radical (unpaired) electrons. The van der Waals surface area contributed by atoms with Crippen molar-refractivity contribution in [3.05, 3.63) is 113 Å². The number of fused-ring (bicyclic) bond motifs is 2. The summed E-state index contributed by atoms with van der Waals surface area (Å²) >= 11 is 0. The van der Waals surface area contributed by atoms with E-state index in [1.165, 1.54) is 0 Å². The molecule has 0 aliphatic heterocycles. The summed E-state index contributed by atoms with van der Waals surface area (Å²) in [5, 5.41) is 4.88. The highest BCUT2D eigenvalue weighted by molar-refractivity contribution is 6.06. The number of pyridine rings is 3. The first-order chi connectivity index (χ1) is 19.3. The molecule has 0 unspecified atom stereocenters. The van der Waals surface area contributed by atoms with E-state index in [1.54, 1.807) is 18.6 Å². The van der Waals surface area contributed by atoms with E-state index < -0.39 is 5.54 Å². The second-order valence-corrected chi connectivity index (χ2v) is 10.5. The van der Waals surface area contributed by atoms with Gasteiger partial charge in [0.05, 0.1) is 22.6 Å². The van der Waals surface area contributed by atoms with Gasteiger partial charge in [0.1, 0.15) is 11.1 Å². The predicted octanol–water partition coefficient (Wildman–Crippen LogP) is 5.68. The zero-order chi connectivity index (χ0) is 28.0. The van der Waals surface area contributed by atoms with Crippen LogP contribution in [0.25, 0.3) is 32.9 Å². The van der Waals surface area contributed by atoms with Crippen LogP contribution in [0.4, 0.5) is 5.69 Å². The number of nitrogens with one attached hydrogen (secondary N) is 2. The lowest BCUT2D eigenvalue weighted by Crippen LogP contribution is -2.34. The highest BCUT2D eigenvalue weighted by atomic mass is 16.1. The van der Waals surface area contributed by atoms with Crippen molar-refractivity contribution in [1.29, 1.82) is 0 Å². The zero-order valence-electron chi connectivity index (χ0n) is 22.8. The average molecular weight is 531 g/mol. The maximum absolute atomic E-state index is 12.9. The number of hydrogen-bond acceptors (Lipinski definition) is 4. The number of H-pyrrole nitrogens is 1. The molecule has 0 aliphatic rings. The minimum absolute atomic E-state index is 0.0715. The molecule has 2 N–H and O–H groups in total. The molecule has 0 saturated heterocycles. The number of rotatable bonds is 6. The fourth-order valence-electron chi connectivity index (χ4n) is 5.44. The molecule has 1 amide bonds. The maximum atomic E-state index is 12.9. The molecular formula is C32H30N6O2. The summed E-state index contributed by atoms with van der Waals surface area (Å²) in [5.41, 5.74) is 4.74. The maximum Gasteiger partial charge on any atom is 0.272 e. The molecule has 0 fully saturated rings. The summed E-state index contributed by atoms with van der Waals surface area (Å²) in [6.07, 6.45) is 9.22. The Balaban J connectivity index is 1.67. The van der Waals surface area contributed by atoms with Crippen LogP contribution in [0.1, 0.15) is 32.2 Å². The Kier molecular flexibility index (Phi) is 6.10. The summed E-state index contributed by atoms with van der Waals surface area (Å²) in [5.74, 6) is -0.262. The van der Waals surface area contributed by atoms with Crippen molar-refractivity contribution < 1.29 is 4.79 Å². The van der Waals surface area contributed by atoms with E-state index in [1.807, 2.05) is 92.5 Å². The van der Waals surface area contributed by atoms with Crippen molar-refractivity contribution in [2.45, 2.75) is 26.3 Å². The SMILES string of the molecule is CC(C)C(=O)Nc1cc(-c2cn(C)c3c(=O)[nH]ccc23)cc2c1ccn2C(C)(c1ccccn1)c1ccccn1. The van der Waals surface area contributed by atoms with Crippen LogP contribution >= 0.6 is 0 Å². The Hall–Kier alpha value is -4.98. The number of aromatic nitrogens is 5. The molecule has 0 saturated carbocycles. The van der Waals surface area contributed by atoms with Gasteiger partial charge in [0.25, 0.3) is 5.56 Å². The van der Waals surface area contributed by atoms with Crippen LogP contribution in [0.2, 0.25) is 0 Å². The Morgan fingerprint density at radius 3 is 2.30 bits per heavy atom. The Bertz CT molecular complexity index is 1880. The molecule has 5 aromatic heterocycles. The van der Waals surface area contributed by atoms with Crippen molar-refractivity contribution >= 4 is 33.4 Å². The van der Waals surface area contributed by atoms with Crippen molar-refractivity contribution in [1.82, 2.24) is 24.1 Å². The fourth-order valence-corrected chi connectivity index (χ4v) is 5.44. The van der Waals surface area contributed by atoms with Crippen LogP contribution in [-0.4, -0.2) is 30.0 Å². The first-order valence-electron chi connectivity index (χ1n) is 13.3. The molecule has 0 bridgehead atoms. The Morgan fingerprint density at radius 1 is 0.975 bits per heavy atom. The van der Waals surface area contributed by atoms with Gasteiger partial charge < -0.3 is 19.4 Å². The number of aryl methyl sites for hydroxylation is 1. The summed E-state index contributed by atoms with van der Waals surface area (Å²) in [6, 6.07) is 19.8. The third-order valence-electron chi connectivity index (χ3n) is 7.61. The van der Waals surface area contributed by atoms with E-state index in [2.05, 4.69) is 27.9 Å². The average Bonchev–Trinajstić information content (AvgIpc) is 3.56. The second-order valence-electron chi connectivity index (χ2n) is 10.5. The molecule has 1 aromatic carbocycles. The van der Waals surface area contributed by atoms with Crippen LogP contribution in [0.3, 0.4) is 0 Å². The lowest BCUT2D eigenvalue weighted by Gasteiger charge is -2.32. The highest BCUT2D eigenvalue weighted by Gasteiger charge is 2.35. The predicted molar refractivity (Wildman–Crippen MR) is 158 cm³/mol. The fraction of sp³-hybridized carbons (Fsp3) is 0.188. The number of carbonyl (C=O) groups excluding carboxylic acids is 1. The van der Waals surface area contributed by atoms with E-state index in [4.69, 9.17) is 9.97 Å². The molecular weight excluding hydrogens is 500 g/mol. The number of nitrogens with zero attached hydrogens (tertiary/aromatic N) is 4. The third-order valence-corrected chi connectivity index (χ3v) is 7.61. The van der Waals surface area contributed by atoms with Gasteiger partial charge in [-0.15, -0.1) is 0 Å². The second kappa shape index (κ2) is 9.64. The number of aromatic amines is 1. The lowest BCUT2D eigenvalue weighted by atomic mass is 9.91. The van der Waals surface area contributed by atoms with Crippen molar-refractivity contribution in [2.24, 2.45) is 13.0 Å². The van der Waals surface area contributed by atoms with Gasteiger partial charge >= 0.3 is 0 Å². The van der Waals surface area contributed by atoms with Gasteiger partial charge in [-0.3, -0.25) is 19.6 Å². The van der Waals surface area contributed by atoms with E-state index in [0.717, 1.165) is 38.8 Å². The zero-order valence-corrected chi connectivity index (χ0v) is 22.8. The standard InChI is InChI=1S/C32H30N6O2/c1-20(2)30(39)36-25-17-21(24-19-37(4)29-22(24)11-15-35-31(29)40)18-26-23(25)12-16-38(26)32(3,27-9-5-7-13-33-27)28-10-6-8-14-34-28/h5-20H,1-4H3,(H,35,40)(H,36,39). The van der Waals surface area contributed by atoms with Crippen molar-refractivity contribution in [2.75, 3.05) is 5.32 Å². The quantitative estimate of drug-likeness (QED) is 0.289. The van der Waals surface area contributed by atoms with Crippen LogP contribution in [0.5, 0.6) is 0 Å². The molecule has 5 heterocycles. The van der Waals surface area contributed by atoms with Crippen LogP contribution in [0.15, 0.2) is 96.4 Å². The van der Waals surface area contributed by atoms with Gasteiger partial charge in [-0.2, -0.15) is 0 Å². The summed E-state index contributed by atoms with van der Waals surface area (Å²) in [6.45, 7) is 5.85. The van der Waals surface area contributed by atoms with Gasteiger partial charge in [0.2, 0.25) is 5.91 Å². The molecule has 8 nitrogen and oxygen atoms in total. The normalized spacial score (nSPS) is 11.9. The first kappa shape index (κ1) is 25.3. The van der Waals surface area contributed by atoms with E-state index in [0.29, 0.717) is 11.2 Å². The van der Waals surface area contributed by atoms with Gasteiger partial charge in [0, 0.05) is 60.3 Å². The largest absolute Gasteiger partial charge is 0.345 e. The summed E-state index contributed by atoms with van der Waals surface area (Å²) < 4.78 is 4.00. The number of benzene rings is 1. The van der Waals surface area contributed by atoms with E-state index in [9.17, 15) is 9.59 Å². The summed E-state index contributed by atoms with van der Waals surface area (Å²) in [4.78, 5) is 37.8. The number of hydrogen-bond donors (Lipinski definition) is 2. The van der Waals surface area contributed by atoms with Gasteiger partial charge in [-0.1, -0.05) is 26.0 Å². The molecule has 8 heteroatoms. The molecule has 0 spiro atoms. The van der Waals surface area contributed by atoms with Crippen molar-refractivity contribution in [3.63, 3.8) is 0 Å². The van der Waals surface area contributed by atoms with Crippen LogP contribution < -0.4 is 10.9 Å². The minimum Gasteiger partial charge on any atom is -0.345 e. The first-order valence-corrected chi connectivity index (χ1v) is 13.3. The van der Waals surface area contributed by atoms with Gasteiger partial charge in [0.15, 0.2) is 0 Å². The van der Waals surface area contributed by atoms with E-state index >= 15 is 0 Å². The lowest BCUT2D eigenvalue weighted by molar-refractivity contribution is -0.118. The van der Waals surface area contributed by atoms with Gasteiger partial charge in [-0.25, -0.2) is 0 Å². The van der Waals surface area contributed by atoms with Gasteiger partial charge in [-0.05, 0) is 61.0 Å². The highest BCUT2D eigenvalue weighted by Crippen LogP contribution is 2.40. The van der Waals surface area contributed by atoms with Crippen molar-refractivity contribution in [3.8, 4) is 11.1 Å². The van der Waals surface area contributed by atoms with Crippen LogP contribution in [0, 0.1) is 5.92 Å². The molecule has 0 atom stereocenters. The molecule has 200 valence electrons. The molecule has 0 aliphatic carbocycles. The van der Waals surface area contributed by atoms with Crippen LogP contribution in [-0.2, 0) is 17.4 Å². The number of anilines is 1. The smallest absolute Gasteiger partial charge is 0.272 e. The molecule has 6 rings (SSSR count). The molecule has 6 aromatic rings. The monoisotopic (exact) mass is 530 g/mol. The van der Waals surface area contributed by atoms with E-state index in [-0.39, 0.29) is 17.4 Å². The number of carbonyl (C=O) groups is 1. The Labute approximate surface area is 231 Å². The third kappa shape index (κ3) is 4.00. The molecule has 40 heavy (non-hydrogen) atoms. The minimum atomic E-state index is -0.752. The summed E-state index contributed by atoms with van der Waals surface area (Å²) in [7, 11) is 1.86. The number of amides is 1. The Morgan fingerprint density at radius 2 is 1.68 bits per heavy atom.